The zero-order valence-electron chi connectivity index (χ0n) is 10.4. The second kappa shape index (κ2) is 4.86. The van der Waals surface area contributed by atoms with Crippen LogP contribution in [-0.2, 0) is 7.05 Å². The van der Waals surface area contributed by atoms with Crippen molar-refractivity contribution in [3.63, 3.8) is 0 Å². The maximum absolute atomic E-state index is 5.83. The van der Waals surface area contributed by atoms with Gasteiger partial charge in [0.15, 0.2) is 0 Å². The largest absolute Gasteiger partial charge is 0.389 e. The molecule has 4 nitrogen and oxygen atoms in total. The van der Waals surface area contributed by atoms with E-state index in [9.17, 15) is 0 Å². The monoisotopic (exact) mass is 270 g/mol. The zero-order valence-corrected chi connectivity index (χ0v) is 12.1. The summed E-state index contributed by atoms with van der Waals surface area (Å²) in [5, 5.41) is 4.44. The van der Waals surface area contributed by atoms with Gasteiger partial charge in [-0.15, -0.1) is 0 Å². The highest BCUT2D eigenvalue weighted by atomic mass is 32.2. The van der Waals surface area contributed by atoms with Gasteiger partial charge in [0.05, 0.1) is 11.3 Å². The number of hydrogen-bond donors (Lipinski definition) is 1. The summed E-state index contributed by atoms with van der Waals surface area (Å²) >= 11 is 7.14. The topological polar surface area (TPSA) is 47.1 Å². The van der Waals surface area contributed by atoms with E-state index in [1.165, 1.54) is 0 Å². The lowest BCUT2D eigenvalue weighted by molar-refractivity contribution is 0.647. The molecule has 2 heterocycles. The number of aromatic nitrogens is 2. The molecule has 0 spiro atoms. The summed E-state index contributed by atoms with van der Waals surface area (Å²) in [5.41, 5.74) is 7.68. The first-order valence-electron chi connectivity index (χ1n) is 5.70. The molecule has 6 heteroatoms. The first-order chi connectivity index (χ1) is 8.02. The van der Waals surface area contributed by atoms with E-state index < -0.39 is 0 Å². The van der Waals surface area contributed by atoms with Gasteiger partial charge < -0.3 is 10.6 Å². The Balaban J connectivity index is 2.46. The number of aryl methyl sites for hydroxylation is 2. The molecule has 1 aliphatic heterocycles. The Kier molecular flexibility index (Phi) is 3.63. The normalized spacial score (nSPS) is 20.6. The molecule has 1 fully saturated rings. The zero-order chi connectivity index (χ0) is 12.6. The summed E-state index contributed by atoms with van der Waals surface area (Å²) in [6.07, 6.45) is 0. The fourth-order valence-corrected chi connectivity index (χ4v) is 3.56. The molecule has 1 atom stereocenters. The standard InChI is InChI=1S/C11H18N4S2/c1-7-6-17-5-4-15(7)11-9(10(12)16)8(2)13-14(11)3/h7H,4-6H2,1-3H3,(H2,12,16). The van der Waals surface area contributed by atoms with Crippen LogP contribution in [0.5, 0.6) is 0 Å². The number of thiocarbonyl (C=S) groups is 1. The van der Waals surface area contributed by atoms with Crippen molar-refractivity contribution in [1.82, 2.24) is 9.78 Å². The molecule has 0 aliphatic carbocycles. The third-order valence-electron chi connectivity index (χ3n) is 3.08. The maximum Gasteiger partial charge on any atom is 0.137 e. The van der Waals surface area contributed by atoms with E-state index >= 15 is 0 Å². The first kappa shape index (κ1) is 12.7. The molecule has 0 bridgehead atoms. The molecule has 1 unspecified atom stereocenters. The Bertz CT molecular complexity index is 441. The third kappa shape index (κ3) is 2.28. The van der Waals surface area contributed by atoms with Gasteiger partial charge in [0.1, 0.15) is 10.8 Å². The smallest absolute Gasteiger partial charge is 0.137 e. The lowest BCUT2D eigenvalue weighted by atomic mass is 10.2. The minimum Gasteiger partial charge on any atom is -0.389 e. The highest BCUT2D eigenvalue weighted by Gasteiger charge is 2.26. The molecule has 1 saturated heterocycles. The summed E-state index contributed by atoms with van der Waals surface area (Å²) in [5.74, 6) is 3.36. The van der Waals surface area contributed by atoms with Crippen LogP contribution in [0, 0.1) is 6.92 Å². The van der Waals surface area contributed by atoms with Crippen LogP contribution in [0.2, 0.25) is 0 Å². The molecule has 0 amide bonds. The van der Waals surface area contributed by atoms with Crippen LogP contribution in [0.25, 0.3) is 0 Å². The van der Waals surface area contributed by atoms with Crippen molar-refractivity contribution in [2.45, 2.75) is 19.9 Å². The molecule has 1 aliphatic rings. The molecular weight excluding hydrogens is 252 g/mol. The Hall–Kier alpha value is -0.750. The first-order valence-corrected chi connectivity index (χ1v) is 7.26. The Labute approximate surface area is 112 Å². The molecule has 94 valence electrons. The predicted octanol–water partition coefficient (Wildman–Crippen LogP) is 1.30. The van der Waals surface area contributed by atoms with E-state index in [1.54, 1.807) is 0 Å². The number of rotatable bonds is 2. The summed E-state index contributed by atoms with van der Waals surface area (Å²) in [6.45, 7) is 5.22. The minimum atomic E-state index is 0.441. The van der Waals surface area contributed by atoms with Gasteiger partial charge >= 0.3 is 0 Å². The number of nitrogens with two attached hydrogens (primary N) is 1. The lowest BCUT2D eigenvalue weighted by Crippen LogP contribution is -2.42. The van der Waals surface area contributed by atoms with E-state index in [4.69, 9.17) is 18.0 Å². The van der Waals surface area contributed by atoms with Crippen molar-refractivity contribution >= 4 is 34.8 Å². The third-order valence-corrected chi connectivity index (χ3v) is 4.47. The van der Waals surface area contributed by atoms with Crippen LogP contribution < -0.4 is 10.6 Å². The van der Waals surface area contributed by atoms with Gasteiger partial charge in [-0.05, 0) is 13.8 Å². The molecule has 2 N–H and O–H groups in total. The highest BCUT2D eigenvalue weighted by Crippen LogP contribution is 2.28. The van der Waals surface area contributed by atoms with Crippen molar-refractivity contribution in [3.8, 4) is 0 Å². The Morgan fingerprint density at radius 3 is 2.88 bits per heavy atom. The molecule has 0 radical (unpaired) electrons. The molecule has 2 rings (SSSR count). The Morgan fingerprint density at radius 1 is 1.59 bits per heavy atom. The van der Waals surface area contributed by atoms with E-state index in [2.05, 4.69) is 16.9 Å². The fourth-order valence-electron chi connectivity index (χ4n) is 2.31. The Morgan fingerprint density at radius 2 is 2.29 bits per heavy atom. The van der Waals surface area contributed by atoms with E-state index in [-0.39, 0.29) is 0 Å². The van der Waals surface area contributed by atoms with Gasteiger partial charge in [-0.3, -0.25) is 4.68 Å². The average Bonchev–Trinajstić information content (AvgIpc) is 2.54. The van der Waals surface area contributed by atoms with Crippen LogP contribution in [-0.4, -0.2) is 38.9 Å². The minimum absolute atomic E-state index is 0.441. The molecule has 0 saturated carbocycles. The van der Waals surface area contributed by atoms with Gasteiger partial charge in [0, 0.05) is 31.1 Å². The van der Waals surface area contributed by atoms with E-state index in [1.807, 2.05) is 30.4 Å². The number of anilines is 1. The number of thioether (sulfide) groups is 1. The number of hydrogen-bond acceptors (Lipinski definition) is 4. The van der Waals surface area contributed by atoms with Crippen molar-refractivity contribution in [1.29, 1.82) is 0 Å². The van der Waals surface area contributed by atoms with Crippen LogP contribution in [0.4, 0.5) is 5.82 Å². The lowest BCUT2D eigenvalue weighted by Gasteiger charge is -2.35. The second-order valence-corrected chi connectivity index (χ2v) is 5.98. The molecule has 17 heavy (non-hydrogen) atoms. The van der Waals surface area contributed by atoms with Gasteiger partial charge in [0.25, 0.3) is 0 Å². The molecular formula is C11H18N4S2. The second-order valence-electron chi connectivity index (χ2n) is 4.39. The van der Waals surface area contributed by atoms with E-state index in [0.29, 0.717) is 11.0 Å². The number of nitrogens with zero attached hydrogens (tertiary/aromatic N) is 3. The summed E-state index contributed by atoms with van der Waals surface area (Å²) in [7, 11) is 1.96. The molecule has 0 aromatic carbocycles. The maximum atomic E-state index is 5.83. The highest BCUT2D eigenvalue weighted by molar-refractivity contribution is 7.99. The van der Waals surface area contributed by atoms with Gasteiger partial charge in [-0.1, -0.05) is 12.2 Å². The van der Waals surface area contributed by atoms with Crippen LogP contribution >= 0.6 is 24.0 Å². The predicted molar refractivity (Wildman–Crippen MR) is 78.0 cm³/mol. The quantitative estimate of drug-likeness (QED) is 0.821. The van der Waals surface area contributed by atoms with Crippen molar-refractivity contribution in [2.75, 3.05) is 23.0 Å². The van der Waals surface area contributed by atoms with Gasteiger partial charge in [-0.2, -0.15) is 16.9 Å². The van der Waals surface area contributed by atoms with Crippen molar-refractivity contribution < 1.29 is 0 Å². The van der Waals surface area contributed by atoms with Gasteiger partial charge in [0.2, 0.25) is 0 Å². The van der Waals surface area contributed by atoms with Crippen LogP contribution in [0.3, 0.4) is 0 Å². The summed E-state index contributed by atoms with van der Waals surface area (Å²) < 4.78 is 1.90. The SMILES string of the molecule is Cc1nn(C)c(N2CCSCC2C)c1C(N)=S. The van der Waals surface area contributed by atoms with Crippen LogP contribution in [0.1, 0.15) is 18.2 Å². The molecule has 1 aromatic heterocycles. The summed E-state index contributed by atoms with van der Waals surface area (Å²) in [4.78, 5) is 2.81. The van der Waals surface area contributed by atoms with Crippen LogP contribution in [0.15, 0.2) is 0 Å². The van der Waals surface area contributed by atoms with Crippen molar-refractivity contribution in [2.24, 2.45) is 12.8 Å². The fraction of sp³-hybridized carbons (Fsp3) is 0.636. The molecule has 1 aromatic rings. The summed E-state index contributed by atoms with van der Waals surface area (Å²) in [6, 6.07) is 0.497. The average molecular weight is 270 g/mol. The van der Waals surface area contributed by atoms with E-state index in [0.717, 1.165) is 35.1 Å². The van der Waals surface area contributed by atoms with Crippen molar-refractivity contribution in [3.05, 3.63) is 11.3 Å². The van der Waals surface area contributed by atoms with Gasteiger partial charge in [-0.25, -0.2) is 0 Å².